The van der Waals surface area contributed by atoms with E-state index in [2.05, 4.69) is 27.9 Å². The Kier molecular flexibility index (Phi) is 11.1. The molecule has 1 unspecified atom stereocenters. The number of nitrogens with zero attached hydrogens (tertiary/aromatic N) is 2. The van der Waals surface area contributed by atoms with E-state index >= 15 is 0 Å². The summed E-state index contributed by atoms with van der Waals surface area (Å²) in [5.74, 6) is -0.0209. The maximum Gasteiger partial charge on any atom is 0.406 e. The summed E-state index contributed by atoms with van der Waals surface area (Å²) in [6.45, 7) is 3.51. The van der Waals surface area contributed by atoms with Crippen LogP contribution in [-0.2, 0) is 4.79 Å². The van der Waals surface area contributed by atoms with Crippen molar-refractivity contribution in [2.24, 2.45) is 4.99 Å². The number of likely N-dealkylation sites (N-methyl/N-ethyl adjacent to an activating group) is 1. The van der Waals surface area contributed by atoms with Gasteiger partial charge in [-0.3, -0.25) is 4.79 Å². The van der Waals surface area contributed by atoms with Gasteiger partial charge < -0.3 is 15.5 Å². The van der Waals surface area contributed by atoms with Gasteiger partial charge >= 0.3 is 6.18 Å². The third kappa shape index (κ3) is 9.88. The van der Waals surface area contributed by atoms with Gasteiger partial charge in [0.2, 0.25) is 5.91 Å². The van der Waals surface area contributed by atoms with Gasteiger partial charge in [-0.25, -0.2) is 4.99 Å². The average molecular weight is 492 g/mol. The lowest BCUT2D eigenvalue weighted by Crippen LogP contribution is -2.41. The fourth-order valence-electron chi connectivity index (χ4n) is 1.89. The topological polar surface area (TPSA) is 56.7 Å². The molecule has 1 heterocycles. The summed E-state index contributed by atoms with van der Waals surface area (Å²) in [5, 5.41) is 10.1. The van der Waals surface area contributed by atoms with E-state index in [9.17, 15) is 18.0 Å². The lowest BCUT2D eigenvalue weighted by molar-refractivity contribution is -0.157. The van der Waals surface area contributed by atoms with E-state index in [0.29, 0.717) is 23.9 Å². The van der Waals surface area contributed by atoms with Crippen LogP contribution in [0.3, 0.4) is 0 Å². The minimum atomic E-state index is -4.41. The van der Waals surface area contributed by atoms with Crippen molar-refractivity contribution in [1.29, 1.82) is 0 Å². The monoisotopic (exact) mass is 492 g/mol. The Hall–Kier alpha value is -1.04. The Morgan fingerprint density at radius 1 is 1.40 bits per heavy atom. The first kappa shape index (κ1) is 24.0. The molecule has 1 amide bonds. The molecule has 5 nitrogen and oxygen atoms in total. The Morgan fingerprint density at radius 2 is 2.08 bits per heavy atom. The molecule has 0 saturated carbocycles. The number of nitrogens with one attached hydrogen (secondary N) is 2. The van der Waals surface area contributed by atoms with Crippen LogP contribution in [0.1, 0.15) is 25.3 Å². The number of carbonyl (C=O) groups excluding carboxylic acids is 1. The van der Waals surface area contributed by atoms with Gasteiger partial charge in [-0.2, -0.15) is 24.5 Å². The summed E-state index contributed by atoms with van der Waals surface area (Å²) in [6.07, 6.45) is -4.41. The lowest BCUT2D eigenvalue weighted by atomic mass is 10.1. The number of amides is 1. The highest BCUT2D eigenvalue weighted by Crippen LogP contribution is 2.17. The molecule has 2 N–H and O–H groups in total. The van der Waals surface area contributed by atoms with E-state index in [-0.39, 0.29) is 36.4 Å². The van der Waals surface area contributed by atoms with Crippen LogP contribution in [0, 0.1) is 0 Å². The predicted octanol–water partition coefficient (Wildman–Crippen LogP) is 3.05. The van der Waals surface area contributed by atoms with Crippen LogP contribution in [-0.4, -0.2) is 56.2 Å². The van der Waals surface area contributed by atoms with E-state index in [1.807, 2.05) is 18.4 Å². The molecule has 1 aromatic rings. The molecule has 1 aromatic heterocycles. The van der Waals surface area contributed by atoms with Crippen LogP contribution < -0.4 is 10.6 Å². The third-order valence-electron chi connectivity index (χ3n) is 3.25. The molecule has 0 aliphatic rings. The molecule has 25 heavy (non-hydrogen) atoms. The zero-order valence-electron chi connectivity index (χ0n) is 14.4. The fraction of sp³-hybridized carbons (Fsp3) is 0.600. The largest absolute Gasteiger partial charge is 0.406 e. The SMILES string of the molecule is CCNC(=NCC(=O)N(C)CC(F)(F)F)NCC(C)c1ccsc1.I. The molecule has 0 saturated heterocycles. The summed E-state index contributed by atoms with van der Waals surface area (Å²) in [4.78, 5) is 16.4. The van der Waals surface area contributed by atoms with Crippen LogP contribution in [0.25, 0.3) is 0 Å². The highest BCUT2D eigenvalue weighted by atomic mass is 127. The van der Waals surface area contributed by atoms with Gasteiger partial charge in [0.25, 0.3) is 0 Å². The Labute approximate surface area is 167 Å². The summed E-state index contributed by atoms with van der Waals surface area (Å²) >= 11 is 1.62. The number of aliphatic imine (C=N–C) groups is 1. The second-order valence-corrected chi connectivity index (χ2v) is 6.18. The maximum absolute atomic E-state index is 12.3. The Bertz CT molecular complexity index is 537. The standard InChI is InChI=1S/C15H23F3N4OS.HI/c1-4-19-14(20-7-11(2)12-5-6-24-9-12)21-8-13(23)22(3)10-15(16,17)18;/h5-6,9,11H,4,7-8,10H2,1-3H3,(H2,19,20,21);1H. The van der Waals surface area contributed by atoms with Crippen molar-refractivity contribution in [1.82, 2.24) is 15.5 Å². The number of alkyl halides is 3. The quantitative estimate of drug-likeness (QED) is 0.350. The van der Waals surface area contributed by atoms with Crippen LogP contribution in [0.2, 0.25) is 0 Å². The first-order chi connectivity index (χ1) is 11.2. The van der Waals surface area contributed by atoms with Gasteiger partial charge in [-0.05, 0) is 35.2 Å². The zero-order chi connectivity index (χ0) is 18.2. The van der Waals surface area contributed by atoms with E-state index in [0.717, 1.165) is 7.05 Å². The van der Waals surface area contributed by atoms with Crippen LogP contribution in [0.15, 0.2) is 21.8 Å². The first-order valence-electron chi connectivity index (χ1n) is 7.58. The molecule has 144 valence electrons. The van der Waals surface area contributed by atoms with Crippen LogP contribution >= 0.6 is 35.3 Å². The van der Waals surface area contributed by atoms with Crippen molar-refractivity contribution < 1.29 is 18.0 Å². The van der Waals surface area contributed by atoms with Gasteiger partial charge in [0.15, 0.2) is 5.96 Å². The van der Waals surface area contributed by atoms with Gasteiger partial charge in [0, 0.05) is 20.1 Å². The summed E-state index contributed by atoms with van der Waals surface area (Å²) in [5.41, 5.74) is 1.20. The highest BCUT2D eigenvalue weighted by Gasteiger charge is 2.31. The summed E-state index contributed by atoms with van der Waals surface area (Å²) in [7, 11) is 1.12. The van der Waals surface area contributed by atoms with Crippen molar-refractivity contribution in [2.45, 2.75) is 25.9 Å². The molecule has 0 spiro atoms. The highest BCUT2D eigenvalue weighted by molar-refractivity contribution is 14.0. The smallest absolute Gasteiger partial charge is 0.357 e. The van der Waals surface area contributed by atoms with Crippen molar-refractivity contribution in [3.63, 3.8) is 0 Å². The van der Waals surface area contributed by atoms with E-state index in [1.165, 1.54) is 5.56 Å². The predicted molar refractivity (Wildman–Crippen MR) is 106 cm³/mol. The molecule has 0 aromatic carbocycles. The summed E-state index contributed by atoms with van der Waals surface area (Å²) < 4.78 is 36.8. The maximum atomic E-state index is 12.3. The second kappa shape index (κ2) is 11.6. The molecular formula is C15H24F3IN4OS. The Morgan fingerprint density at radius 3 is 2.60 bits per heavy atom. The second-order valence-electron chi connectivity index (χ2n) is 5.40. The lowest BCUT2D eigenvalue weighted by Gasteiger charge is -2.19. The Balaban J connectivity index is 0.00000576. The van der Waals surface area contributed by atoms with E-state index in [4.69, 9.17) is 0 Å². The molecule has 0 radical (unpaired) electrons. The molecule has 0 bridgehead atoms. The average Bonchev–Trinajstić information content (AvgIpc) is 3.02. The molecule has 1 rings (SSSR count). The van der Waals surface area contributed by atoms with Crippen molar-refractivity contribution in [2.75, 3.05) is 33.2 Å². The van der Waals surface area contributed by atoms with Crippen molar-refractivity contribution in [3.05, 3.63) is 22.4 Å². The fourth-order valence-corrected chi connectivity index (χ4v) is 2.67. The minimum Gasteiger partial charge on any atom is -0.357 e. The third-order valence-corrected chi connectivity index (χ3v) is 3.95. The van der Waals surface area contributed by atoms with Gasteiger partial charge in [0.05, 0.1) is 0 Å². The number of hydrogen-bond donors (Lipinski definition) is 2. The molecule has 10 heteroatoms. The molecule has 0 fully saturated rings. The molecule has 0 aliphatic carbocycles. The van der Waals surface area contributed by atoms with Gasteiger partial charge in [0.1, 0.15) is 13.1 Å². The number of halogens is 4. The molecule has 0 aliphatic heterocycles. The minimum absolute atomic E-state index is 0. The van der Waals surface area contributed by atoms with Gasteiger partial charge in [-0.15, -0.1) is 24.0 Å². The summed E-state index contributed by atoms with van der Waals surface area (Å²) in [6, 6.07) is 2.04. The number of carbonyl (C=O) groups is 1. The number of rotatable bonds is 7. The van der Waals surface area contributed by atoms with E-state index < -0.39 is 18.6 Å². The van der Waals surface area contributed by atoms with Crippen LogP contribution in [0.5, 0.6) is 0 Å². The van der Waals surface area contributed by atoms with Crippen molar-refractivity contribution >= 4 is 47.2 Å². The normalized spacial score (nSPS) is 13.0. The van der Waals surface area contributed by atoms with E-state index in [1.54, 1.807) is 11.3 Å². The number of guanidine groups is 1. The van der Waals surface area contributed by atoms with Crippen molar-refractivity contribution in [3.8, 4) is 0 Å². The number of thiophene rings is 1. The van der Waals surface area contributed by atoms with Crippen LogP contribution in [0.4, 0.5) is 13.2 Å². The first-order valence-corrected chi connectivity index (χ1v) is 8.52. The molecular weight excluding hydrogens is 468 g/mol. The van der Waals surface area contributed by atoms with Gasteiger partial charge in [-0.1, -0.05) is 6.92 Å². The molecule has 1 atom stereocenters. The number of hydrogen-bond acceptors (Lipinski definition) is 3. The zero-order valence-corrected chi connectivity index (χ0v) is 17.5.